The summed E-state index contributed by atoms with van der Waals surface area (Å²) >= 11 is 0. The zero-order valence-electron chi connectivity index (χ0n) is 12.7. The van der Waals surface area contributed by atoms with Gasteiger partial charge in [-0.2, -0.15) is 0 Å². The standard InChI is InChI=1S/C15H12FN3O2.CH4O/c1-20-14-5-3-11-15(19-14)13(6-7-18-11)21-12-4-2-9(17)8-10(12)16;1-2/h2-8H,17H2,1H3;2H,1H3. The van der Waals surface area contributed by atoms with E-state index in [-0.39, 0.29) is 5.75 Å². The number of ether oxygens (including phenoxy) is 2. The second kappa shape index (κ2) is 7.37. The summed E-state index contributed by atoms with van der Waals surface area (Å²) in [5.41, 5.74) is 6.97. The number of aliphatic hydroxyl groups is 1. The molecule has 0 atom stereocenters. The third kappa shape index (κ3) is 3.64. The van der Waals surface area contributed by atoms with Crippen molar-refractivity contribution in [2.45, 2.75) is 0 Å². The van der Waals surface area contributed by atoms with Crippen LogP contribution in [-0.4, -0.2) is 29.3 Å². The van der Waals surface area contributed by atoms with Gasteiger partial charge in [0.05, 0.1) is 12.6 Å². The van der Waals surface area contributed by atoms with Crippen molar-refractivity contribution < 1.29 is 19.0 Å². The van der Waals surface area contributed by atoms with Crippen molar-refractivity contribution in [1.82, 2.24) is 9.97 Å². The second-order valence-corrected chi connectivity index (χ2v) is 4.32. The van der Waals surface area contributed by atoms with Crippen molar-refractivity contribution in [2.75, 3.05) is 20.0 Å². The Hall–Kier alpha value is -2.93. The van der Waals surface area contributed by atoms with Gasteiger partial charge >= 0.3 is 0 Å². The van der Waals surface area contributed by atoms with Gasteiger partial charge in [0, 0.05) is 37.2 Å². The lowest BCUT2D eigenvalue weighted by Crippen LogP contribution is -1.95. The van der Waals surface area contributed by atoms with E-state index in [0.29, 0.717) is 28.4 Å². The lowest BCUT2D eigenvalue weighted by molar-refractivity contribution is 0.398. The molecule has 1 aromatic carbocycles. The maximum Gasteiger partial charge on any atom is 0.213 e. The average molecular weight is 317 g/mol. The molecule has 0 unspecified atom stereocenters. The van der Waals surface area contributed by atoms with Crippen molar-refractivity contribution in [2.24, 2.45) is 0 Å². The van der Waals surface area contributed by atoms with Crippen LogP contribution >= 0.6 is 0 Å². The molecule has 0 aliphatic carbocycles. The van der Waals surface area contributed by atoms with Crippen LogP contribution in [0.4, 0.5) is 10.1 Å². The number of anilines is 1. The maximum atomic E-state index is 13.8. The number of nitrogens with zero attached hydrogens (tertiary/aromatic N) is 2. The van der Waals surface area contributed by atoms with Crippen LogP contribution in [-0.2, 0) is 0 Å². The van der Waals surface area contributed by atoms with Gasteiger partial charge in [-0.05, 0) is 18.2 Å². The number of halogens is 1. The zero-order valence-corrected chi connectivity index (χ0v) is 12.7. The molecule has 3 aromatic rings. The molecule has 0 spiro atoms. The van der Waals surface area contributed by atoms with Crippen LogP contribution in [0.2, 0.25) is 0 Å². The minimum atomic E-state index is -0.539. The van der Waals surface area contributed by atoms with Crippen molar-refractivity contribution in [3.8, 4) is 17.4 Å². The molecule has 0 bridgehead atoms. The van der Waals surface area contributed by atoms with Crippen LogP contribution < -0.4 is 15.2 Å². The summed E-state index contributed by atoms with van der Waals surface area (Å²) in [5.74, 6) is 0.352. The smallest absolute Gasteiger partial charge is 0.213 e. The van der Waals surface area contributed by atoms with E-state index in [1.165, 1.54) is 19.2 Å². The average Bonchev–Trinajstić information content (AvgIpc) is 2.59. The minimum absolute atomic E-state index is 0.0707. The SMILES string of the molecule is CO.COc1ccc2nccc(Oc3ccc(N)cc3F)c2n1. The van der Waals surface area contributed by atoms with E-state index in [4.69, 9.17) is 20.3 Å². The molecule has 0 saturated carbocycles. The fraction of sp³-hybridized carbons (Fsp3) is 0.125. The quantitative estimate of drug-likeness (QED) is 0.722. The molecule has 3 rings (SSSR count). The first-order chi connectivity index (χ1) is 11.2. The molecule has 2 heterocycles. The normalized spacial score (nSPS) is 9.91. The Morgan fingerprint density at radius 2 is 1.87 bits per heavy atom. The highest BCUT2D eigenvalue weighted by atomic mass is 19.1. The number of fused-ring (bicyclic) bond motifs is 1. The van der Waals surface area contributed by atoms with Crippen LogP contribution in [0.3, 0.4) is 0 Å². The number of rotatable bonds is 3. The topological polar surface area (TPSA) is 90.5 Å². The van der Waals surface area contributed by atoms with E-state index in [2.05, 4.69) is 9.97 Å². The van der Waals surface area contributed by atoms with Gasteiger partial charge in [-0.3, -0.25) is 4.98 Å². The van der Waals surface area contributed by atoms with Crippen molar-refractivity contribution >= 4 is 16.7 Å². The summed E-state index contributed by atoms with van der Waals surface area (Å²) in [4.78, 5) is 8.46. The molecule has 0 amide bonds. The molecule has 0 aliphatic rings. The molecular weight excluding hydrogens is 301 g/mol. The van der Waals surface area contributed by atoms with E-state index in [0.717, 1.165) is 7.11 Å². The Kier molecular flexibility index (Phi) is 5.27. The monoisotopic (exact) mass is 317 g/mol. The van der Waals surface area contributed by atoms with Crippen molar-refractivity contribution in [1.29, 1.82) is 0 Å². The van der Waals surface area contributed by atoms with Gasteiger partial charge in [-0.15, -0.1) is 0 Å². The predicted molar refractivity (Wildman–Crippen MR) is 85.1 cm³/mol. The molecule has 6 nitrogen and oxygen atoms in total. The number of aromatic nitrogens is 2. The van der Waals surface area contributed by atoms with Crippen LogP contribution in [0.5, 0.6) is 17.4 Å². The number of hydrogen-bond acceptors (Lipinski definition) is 6. The summed E-state index contributed by atoms with van der Waals surface area (Å²) in [5, 5.41) is 7.00. The Bertz CT molecular complexity index is 812. The summed E-state index contributed by atoms with van der Waals surface area (Å²) in [7, 11) is 2.52. The van der Waals surface area contributed by atoms with Crippen LogP contribution in [0.25, 0.3) is 11.0 Å². The molecule has 0 aliphatic heterocycles. The fourth-order valence-corrected chi connectivity index (χ4v) is 1.90. The number of methoxy groups -OCH3 is 1. The van der Waals surface area contributed by atoms with E-state index in [1.807, 2.05) is 0 Å². The van der Waals surface area contributed by atoms with Gasteiger partial charge in [0.2, 0.25) is 5.88 Å². The molecule has 0 fully saturated rings. The van der Waals surface area contributed by atoms with Crippen LogP contribution in [0.15, 0.2) is 42.6 Å². The number of nitrogen functional groups attached to an aromatic ring is 1. The molecule has 0 saturated heterocycles. The molecular formula is C16H16FN3O3. The summed E-state index contributed by atoms with van der Waals surface area (Å²) < 4.78 is 24.5. The van der Waals surface area contributed by atoms with Crippen molar-refractivity contribution in [3.05, 3.63) is 48.4 Å². The predicted octanol–water partition coefficient (Wildman–Crippen LogP) is 2.76. The first kappa shape index (κ1) is 16.4. The molecule has 23 heavy (non-hydrogen) atoms. The Balaban J connectivity index is 0.000000924. The highest BCUT2D eigenvalue weighted by Gasteiger charge is 2.10. The number of nitrogens with two attached hydrogens (primary N) is 1. The highest BCUT2D eigenvalue weighted by molar-refractivity contribution is 5.81. The molecule has 3 N–H and O–H groups in total. The minimum Gasteiger partial charge on any atom is -0.481 e. The fourth-order valence-electron chi connectivity index (χ4n) is 1.90. The maximum absolute atomic E-state index is 13.8. The lowest BCUT2D eigenvalue weighted by Gasteiger charge is -2.09. The molecule has 120 valence electrons. The Labute approximate surface area is 132 Å². The van der Waals surface area contributed by atoms with Crippen molar-refractivity contribution in [3.63, 3.8) is 0 Å². The Morgan fingerprint density at radius 3 is 2.57 bits per heavy atom. The first-order valence-electron chi connectivity index (χ1n) is 6.65. The number of hydrogen-bond donors (Lipinski definition) is 2. The number of pyridine rings is 2. The summed E-state index contributed by atoms with van der Waals surface area (Å²) in [6, 6.07) is 9.31. The van der Waals surface area contributed by atoms with Gasteiger partial charge in [-0.25, -0.2) is 9.37 Å². The molecule has 7 heteroatoms. The van der Waals surface area contributed by atoms with Gasteiger partial charge in [0.25, 0.3) is 0 Å². The van der Waals surface area contributed by atoms with Gasteiger partial charge in [0.15, 0.2) is 17.3 Å². The molecule has 0 radical (unpaired) electrons. The summed E-state index contributed by atoms with van der Waals surface area (Å²) in [6.07, 6.45) is 1.57. The van der Waals surface area contributed by atoms with Gasteiger partial charge in [-0.1, -0.05) is 0 Å². The third-order valence-electron chi connectivity index (χ3n) is 2.91. The van der Waals surface area contributed by atoms with Gasteiger partial charge < -0.3 is 20.3 Å². The third-order valence-corrected chi connectivity index (χ3v) is 2.91. The largest absolute Gasteiger partial charge is 0.481 e. The highest BCUT2D eigenvalue weighted by Crippen LogP contribution is 2.30. The summed E-state index contributed by atoms with van der Waals surface area (Å²) in [6.45, 7) is 0. The van der Waals surface area contributed by atoms with E-state index in [9.17, 15) is 4.39 Å². The van der Waals surface area contributed by atoms with E-state index < -0.39 is 5.82 Å². The lowest BCUT2D eigenvalue weighted by atomic mass is 10.3. The van der Waals surface area contributed by atoms with Gasteiger partial charge in [0.1, 0.15) is 5.52 Å². The van der Waals surface area contributed by atoms with E-state index in [1.54, 1.807) is 30.5 Å². The first-order valence-corrected chi connectivity index (χ1v) is 6.65. The molecule has 2 aromatic heterocycles. The van der Waals surface area contributed by atoms with Crippen LogP contribution in [0, 0.1) is 5.82 Å². The second-order valence-electron chi connectivity index (χ2n) is 4.32. The van der Waals surface area contributed by atoms with Crippen LogP contribution in [0.1, 0.15) is 0 Å². The van der Waals surface area contributed by atoms with E-state index >= 15 is 0 Å². The Morgan fingerprint density at radius 1 is 1.09 bits per heavy atom. The number of benzene rings is 1. The number of aliphatic hydroxyl groups excluding tert-OH is 1. The zero-order chi connectivity index (χ0) is 16.8.